The first kappa shape index (κ1) is 16.9. The third-order valence-electron chi connectivity index (χ3n) is 3.60. The molecule has 1 aromatic carbocycles. The van der Waals surface area contributed by atoms with Gasteiger partial charge in [0.1, 0.15) is 23.9 Å². The minimum atomic E-state index is 0.246. The van der Waals surface area contributed by atoms with Gasteiger partial charge in [-0.2, -0.15) is 0 Å². The quantitative estimate of drug-likeness (QED) is 0.905. The average Bonchev–Trinajstić information content (AvgIpc) is 2.99. The number of carbonyl (C=O) groups excluding carboxylic acids is 1. The maximum atomic E-state index is 11.5. The predicted molar refractivity (Wildman–Crippen MR) is 92.3 cm³/mol. The van der Waals surface area contributed by atoms with Crippen LogP contribution in [-0.2, 0) is 11.2 Å². The topological polar surface area (TPSA) is 84.2 Å². The molecule has 1 aliphatic heterocycles. The van der Waals surface area contributed by atoms with Crippen molar-refractivity contribution in [3.63, 3.8) is 0 Å². The molecule has 0 saturated heterocycles. The van der Waals surface area contributed by atoms with Crippen molar-refractivity contribution in [3.05, 3.63) is 29.8 Å². The number of nitrogens with one attached hydrogen (secondary N) is 1. The molecule has 1 aliphatic rings. The van der Waals surface area contributed by atoms with Crippen molar-refractivity contribution < 1.29 is 9.53 Å². The van der Waals surface area contributed by atoms with Crippen LogP contribution in [0, 0.1) is 0 Å². The van der Waals surface area contributed by atoms with Crippen molar-refractivity contribution in [3.8, 4) is 5.88 Å². The van der Waals surface area contributed by atoms with Gasteiger partial charge in [0.05, 0.1) is 6.54 Å². The number of hydrogen-bond donors (Lipinski definition) is 2. The Morgan fingerprint density at radius 1 is 1.35 bits per heavy atom. The molecule has 0 atom stereocenters. The number of aromatic nitrogens is 2. The fourth-order valence-corrected chi connectivity index (χ4v) is 2.44. The Kier molecular flexibility index (Phi) is 5.62. The molecule has 1 aromatic heterocycles. The van der Waals surface area contributed by atoms with E-state index in [0.717, 1.165) is 16.9 Å². The van der Waals surface area contributed by atoms with Gasteiger partial charge in [0, 0.05) is 18.5 Å². The highest BCUT2D eigenvalue weighted by atomic mass is 16.5. The second-order valence-corrected chi connectivity index (χ2v) is 5.03. The molecule has 0 radical (unpaired) electrons. The molecular formula is C17H24N4O2. The van der Waals surface area contributed by atoms with E-state index in [1.807, 2.05) is 45.0 Å². The molecule has 124 valence electrons. The van der Waals surface area contributed by atoms with E-state index in [0.29, 0.717) is 37.7 Å². The van der Waals surface area contributed by atoms with E-state index in [9.17, 15) is 4.79 Å². The molecule has 3 N–H and O–H groups in total. The molecular weight excluding hydrogens is 292 g/mol. The van der Waals surface area contributed by atoms with Crippen LogP contribution >= 0.6 is 0 Å². The van der Waals surface area contributed by atoms with Crippen LogP contribution in [0.2, 0.25) is 0 Å². The van der Waals surface area contributed by atoms with E-state index in [4.69, 9.17) is 10.5 Å². The number of hydrogen-bond acceptors (Lipinski definition) is 5. The lowest BCUT2D eigenvalue weighted by molar-refractivity contribution is -0.118. The third-order valence-corrected chi connectivity index (χ3v) is 3.60. The van der Waals surface area contributed by atoms with Crippen LogP contribution in [0.4, 0.5) is 17.2 Å². The van der Waals surface area contributed by atoms with Crippen molar-refractivity contribution in [2.45, 2.75) is 33.6 Å². The highest BCUT2D eigenvalue weighted by molar-refractivity contribution is 5.81. The van der Waals surface area contributed by atoms with Crippen molar-refractivity contribution in [2.75, 3.05) is 23.8 Å². The number of benzene rings is 1. The third kappa shape index (κ3) is 3.64. The number of H-pyrrole nitrogens is 1. The molecule has 6 nitrogen and oxygen atoms in total. The number of nitrogens with zero attached hydrogens (tertiary/aromatic N) is 2. The zero-order chi connectivity index (χ0) is 16.8. The van der Waals surface area contributed by atoms with Gasteiger partial charge in [0.25, 0.3) is 5.88 Å². The van der Waals surface area contributed by atoms with Gasteiger partial charge in [-0.1, -0.05) is 32.9 Å². The number of ether oxygens (including phenoxy) is 1. The molecule has 0 aliphatic carbocycles. The van der Waals surface area contributed by atoms with Crippen LogP contribution in [-0.4, -0.2) is 29.1 Å². The van der Waals surface area contributed by atoms with Crippen molar-refractivity contribution in [2.24, 2.45) is 0 Å². The first-order valence-electron chi connectivity index (χ1n) is 8.04. The SMILES string of the molecule is CC.CCC(=O)Cc1ccc(N2CCOc3n[nH]c(N)c32)cc1. The molecule has 3 rings (SSSR count). The summed E-state index contributed by atoms with van der Waals surface area (Å²) in [5.41, 5.74) is 8.74. The fraction of sp³-hybridized carbons (Fsp3) is 0.412. The standard InChI is InChI=1S/C15H18N4O2.C2H6/c1-2-12(20)9-10-3-5-11(6-4-10)19-7-8-21-15-13(19)14(16)17-18-15;1-2/h3-6H,2,7-9H2,1H3,(H3,16,17,18);1-2H3. The monoisotopic (exact) mass is 316 g/mol. The largest absolute Gasteiger partial charge is 0.473 e. The highest BCUT2D eigenvalue weighted by Gasteiger charge is 2.25. The summed E-state index contributed by atoms with van der Waals surface area (Å²) in [4.78, 5) is 13.6. The zero-order valence-corrected chi connectivity index (χ0v) is 13.9. The van der Waals surface area contributed by atoms with E-state index < -0.39 is 0 Å². The van der Waals surface area contributed by atoms with Gasteiger partial charge >= 0.3 is 0 Å². The lowest BCUT2D eigenvalue weighted by Crippen LogP contribution is -2.28. The Bertz CT molecular complexity index is 649. The Morgan fingerprint density at radius 2 is 2.04 bits per heavy atom. The smallest absolute Gasteiger partial charge is 0.259 e. The van der Waals surface area contributed by atoms with Crippen LogP contribution in [0.15, 0.2) is 24.3 Å². The molecule has 6 heteroatoms. The summed E-state index contributed by atoms with van der Waals surface area (Å²) in [6.07, 6.45) is 1.05. The molecule has 0 fully saturated rings. The maximum Gasteiger partial charge on any atom is 0.259 e. The normalized spacial score (nSPS) is 12.7. The molecule has 23 heavy (non-hydrogen) atoms. The Balaban J connectivity index is 0.000000924. The van der Waals surface area contributed by atoms with E-state index in [1.54, 1.807) is 0 Å². The number of carbonyl (C=O) groups is 1. The number of ketones is 1. The Morgan fingerprint density at radius 3 is 2.70 bits per heavy atom. The first-order valence-corrected chi connectivity index (χ1v) is 8.04. The Labute approximate surface area is 136 Å². The lowest BCUT2D eigenvalue weighted by atomic mass is 10.1. The summed E-state index contributed by atoms with van der Waals surface area (Å²) in [6, 6.07) is 7.96. The van der Waals surface area contributed by atoms with Crippen LogP contribution in [0.1, 0.15) is 32.8 Å². The summed E-state index contributed by atoms with van der Waals surface area (Å²) in [5, 5.41) is 6.78. The molecule has 0 amide bonds. The fourth-order valence-electron chi connectivity index (χ4n) is 2.44. The van der Waals surface area contributed by atoms with Crippen LogP contribution in [0.3, 0.4) is 0 Å². The minimum Gasteiger partial charge on any atom is -0.473 e. The van der Waals surface area contributed by atoms with E-state index >= 15 is 0 Å². The van der Waals surface area contributed by atoms with E-state index in [1.165, 1.54) is 0 Å². The summed E-state index contributed by atoms with van der Waals surface area (Å²) >= 11 is 0. The number of nitrogen functional groups attached to an aromatic ring is 1. The van der Waals surface area contributed by atoms with E-state index in [2.05, 4.69) is 15.1 Å². The molecule has 0 bridgehead atoms. The van der Waals surface area contributed by atoms with Crippen LogP contribution in [0.25, 0.3) is 0 Å². The Hall–Kier alpha value is -2.50. The van der Waals surface area contributed by atoms with Gasteiger partial charge in [0.2, 0.25) is 0 Å². The van der Waals surface area contributed by atoms with Crippen LogP contribution in [0.5, 0.6) is 5.88 Å². The second-order valence-electron chi connectivity index (χ2n) is 5.03. The van der Waals surface area contributed by atoms with Crippen LogP contribution < -0.4 is 15.4 Å². The minimum absolute atomic E-state index is 0.246. The van der Waals surface area contributed by atoms with Crippen molar-refractivity contribution in [1.29, 1.82) is 0 Å². The maximum absolute atomic E-state index is 11.5. The van der Waals surface area contributed by atoms with Gasteiger partial charge < -0.3 is 15.4 Å². The summed E-state index contributed by atoms with van der Waals surface area (Å²) in [7, 11) is 0. The van der Waals surface area contributed by atoms with Gasteiger partial charge in [-0.15, -0.1) is 5.10 Å². The predicted octanol–water partition coefficient (Wildman–Crippen LogP) is 3.07. The van der Waals surface area contributed by atoms with Gasteiger partial charge in [0.15, 0.2) is 0 Å². The lowest BCUT2D eigenvalue weighted by Gasteiger charge is -2.28. The van der Waals surface area contributed by atoms with Gasteiger partial charge in [-0.3, -0.25) is 9.89 Å². The summed E-state index contributed by atoms with van der Waals surface area (Å²) < 4.78 is 5.48. The zero-order valence-electron chi connectivity index (χ0n) is 13.9. The number of nitrogens with two attached hydrogens (primary N) is 1. The van der Waals surface area contributed by atoms with Gasteiger partial charge in [-0.05, 0) is 17.7 Å². The molecule has 0 saturated carbocycles. The van der Waals surface area contributed by atoms with Crippen molar-refractivity contribution >= 4 is 23.0 Å². The number of rotatable bonds is 4. The molecule has 2 heterocycles. The first-order chi connectivity index (χ1) is 11.2. The number of anilines is 3. The number of Topliss-reactive ketones (excluding diaryl/α,β-unsaturated/α-hetero) is 1. The number of fused-ring (bicyclic) bond motifs is 1. The van der Waals surface area contributed by atoms with E-state index in [-0.39, 0.29) is 5.78 Å². The molecule has 2 aromatic rings. The number of aromatic amines is 1. The van der Waals surface area contributed by atoms with Gasteiger partial charge in [-0.25, -0.2) is 0 Å². The average molecular weight is 316 g/mol. The molecule has 0 spiro atoms. The second kappa shape index (κ2) is 7.67. The summed E-state index contributed by atoms with van der Waals surface area (Å²) in [6.45, 7) is 7.16. The van der Waals surface area contributed by atoms with Crippen molar-refractivity contribution in [1.82, 2.24) is 10.2 Å². The molecule has 0 unspecified atom stereocenters. The highest BCUT2D eigenvalue weighted by Crippen LogP contribution is 2.39. The summed E-state index contributed by atoms with van der Waals surface area (Å²) in [5.74, 6) is 1.27.